The van der Waals surface area contributed by atoms with Gasteiger partial charge in [-0.1, -0.05) is 132 Å². The molecule has 0 aliphatic carbocycles. The Labute approximate surface area is 322 Å². The molecule has 0 unspecified atom stereocenters. The fourth-order valence-corrected chi connectivity index (χ4v) is 2.85. The molecule has 52 heavy (non-hydrogen) atoms. The molecule has 0 saturated carbocycles. The molecule has 0 aromatic heterocycles. The molecular weight excluding hydrogens is 880 g/mol. The summed E-state index contributed by atoms with van der Waals surface area (Å²) in [6.45, 7) is 8.24. The molecule has 4 aromatic carbocycles. The summed E-state index contributed by atoms with van der Waals surface area (Å²) in [6.07, 6.45) is -7.20. The Hall–Kier alpha value is -4.49. The van der Waals surface area contributed by atoms with Crippen LogP contribution in [0, 0.1) is 27.7 Å². The van der Waals surface area contributed by atoms with E-state index < -0.39 is 24.3 Å². The zero-order valence-corrected chi connectivity index (χ0v) is 31.2. The van der Waals surface area contributed by atoms with E-state index in [9.17, 15) is 26.3 Å². The van der Waals surface area contributed by atoms with Gasteiger partial charge in [-0.3, -0.25) is 0 Å². The van der Waals surface area contributed by atoms with Crippen LogP contribution in [0.1, 0.15) is 22.3 Å². The van der Waals surface area contributed by atoms with Crippen LogP contribution >= 0.6 is 0 Å². The predicted molar refractivity (Wildman–Crippen MR) is 179 cm³/mol. The molecule has 10 nitrogen and oxygen atoms in total. The summed E-state index contributed by atoms with van der Waals surface area (Å²) >= 11 is 0. The number of benzene rings is 4. The molecule has 0 spiro atoms. The predicted octanol–water partition coefficient (Wildman–Crippen LogP) is 6.09. The van der Waals surface area contributed by atoms with Gasteiger partial charge >= 0.3 is 51.3 Å². The Balaban J connectivity index is -0.000000311. The van der Waals surface area contributed by atoms with Crippen LogP contribution in [0.2, 0.25) is 0 Å². The molecule has 0 saturated heterocycles. The number of hydrogen-bond donors (Lipinski definition) is 0. The van der Waals surface area contributed by atoms with Crippen molar-refractivity contribution in [2.24, 2.45) is 9.98 Å². The Kier molecular flexibility index (Phi) is 28.4. The van der Waals surface area contributed by atoms with Gasteiger partial charge in [0.25, 0.3) is 0 Å². The summed E-state index contributed by atoms with van der Waals surface area (Å²) < 4.78 is 63.1. The van der Waals surface area contributed by atoms with Gasteiger partial charge in [0.1, 0.15) is 11.9 Å². The van der Waals surface area contributed by atoms with Crippen LogP contribution in [0.3, 0.4) is 0 Å². The first-order chi connectivity index (χ1) is 22.4. The number of aliphatic imine (C=N–C) groups is 2. The number of alkyl halides is 6. The number of carboxylic acids is 2. The van der Waals surface area contributed by atoms with Gasteiger partial charge in [-0.15, -0.1) is 0 Å². The van der Waals surface area contributed by atoms with Gasteiger partial charge in [0.15, 0.2) is 0 Å². The van der Waals surface area contributed by atoms with Crippen molar-refractivity contribution in [1.82, 2.24) is 0 Å². The molecule has 18 heteroatoms. The molecule has 4 rings (SSSR count). The normalized spacial score (nSPS) is 10.0. The molecule has 0 aliphatic heterocycles. The van der Waals surface area contributed by atoms with Crippen molar-refractivity contribution >= 4 is 47.4 Å². The topological polar surface area (TPSA) is 199 Å². The van der Waals surface area contributed by atoms with Crippen molar-refractivity contribution in [1.29, 1.82) is 0 Å². The minimum absolute atomic E-state index is 0. The smallest absolute Gasteiger partial charge is 0.542 e. The van der Waals surface area contributed by atoms with Crippen molar-refractivity contribution in [2.45, 2.75) is 40.0 Å². The number of rotatable bonds is 6. The molecular formula is C34H36F6N4O6Rh2+2. The Morgan fingerprint density at radius 2 is 0.692 bits per heavy atom. The molecule has 2 radical (unpaired) electrons. The molecule has 0 aliphatic rings. The van der Waals surface area contributed by atoms with Crippen molar-refractivity contribution in [2.75, 3.05) is 0 Å². The van der Waals surface area contributed by atoms with E-state index >= 15 is 0 Å². The fraction of sp³-hybridized carbons (Fsp3) is 0.176. The quantitative estimate of drug-likeness (QED) is 0.0743. The van der Waals surface area contributed by atoms with E-state index in [0.717, 1.165) is 22.7 Å². The molecule has 286 valence electrons. The van der Waals surface area contributed by atoms with Gasteiger partial charge in [-0.25, -0.2) is 0 Å². The maximum atomic E-state index is 10.5. The minimum Gasteiger partial charge on any atom is -0.542 e. The zero-order chi connectivity index (χ0) is 36.3. The van der Waals surface area contributed by atoms with E-state index in [2.05, 4.69) is 48.3 Å². The zero-order valence-electron chi connectivity index (χ0n) is 27.9. The first kappa shape index (κ1) is 54.3. The molecule has 0 fully saturated rings. The molecule has 0 atom stereocenters. The van der Waals surface area contributed by atoms with Crippen molar-refractivity contribution in [3.8, 4) is 0 Å². The third kappa shape index (κ3) is 25.5. The van der Waals surface area contributed by atoms with Gasteiger partial charge in [0.2, 0.25) is 0 Å². The first-order valence-corrected chi connectivity index (χ1v) is 13.7. The van der Waals surface area contributed by atoms with Crippen LogP contribution in [0.25, 0.3) is 10.6 Å². The second-order valence-corrected chi connectivity index (χ2v) is 9.66. The van der Waals surface area contributed by atoms with E-state index in [1.165, 1.54) is 22.3 Å². The van der Waals surface area contributed by atoms with Gasteiger partial charge in [0, 0.05) is 0 Å². The summed E-state index contributed by atoms with van der Waals surface area (Å²) in [5.41, 5.74) is 8.63. The summed E-state index contributed by atoms with van der Waals surface area (Å²) in [4.78, 5) is 26.1. The monoisotopic (exact) mass is 916 g/mol. The van der Waals surface area contributed by atoms with Crippen LogP contribution in [-0.2, 0) is 59.5 Å². The number of hydrogen-bond acceptors (Lipinski definition) is 6. The SMILES string of the molecule is Cc1ccc(N=C[N-]c2ccc(C)cc2)cc1.Cc1ccc(N=C[N-]c2ccc(C)cc2)cc1.O=C([O-])C(F)(F)F.O=C([O-])C(F)(F)F.[OH3+].[OH3+].[Rh+2].[Rh+2]. The Morgan fingerprint density at radius 1 is 0.500 bits per heavy atom. The number of aryl methyl sites for hydroxylation is 4. The number of carbonyl (C=O) groups excluding carboxylic acids is 2. The van der Waals surface area contributed by atoms with E-state index in [4.69, 9.17) is 19.8 Å². The fourth-order valence-electron chi connectivity index (χ4n) is 2.85. The second kappa shape index (κ2) is 27.2. The number of carboxylic acid groups (broad SMARTS) is 2. The maximum Gasteiger partial charge on any atom is 2.00 e. The number of halogens is 6. The number of aliphatic carboxylic acids is 2. The average Bonchev–Trinajstić information content (AvgIpc) is 3.01. The molecule has 0 amide bonds. The second-order valence-electron chi connectivity index (χ2n) is 9.66. The van der Waals surface area contributed by atoms with E-state index in [0.29, 0.717) is 0 Å². The van der Waals surface area contributed by atoms with Gasteiger partial charge in [-0.05, 0) is 50.4 Å². The summed E-state index contributed by atoms with van der Waals surface area (Å²) in [5.74, 6) is -6.01. The molecule has 0 bridgehead atoms. The number of carbonyl (C=O) groups is 2. The van der Waals surface area contributed by atoms with Gasteiger partial charge < -0.3 is 51.4 Å². The molecule has 6 N–H and O–H groups in total. The third-order valence-corrected chi connectivity index (χ3v) is 5.43. The van der Waals surface area contributed by atoms with Crippen LogP contribution in [-0.4, -0.2) is 37.0 Å². The standard InChI is InChI=1S/2C15H15N2.2C2HF3O2.2H2O.2Rh/c2*1-12-3-7-14(8-4-12)16-11-17-15-9-5-13(2)6-10-15;2*3-2(4,5)1(6)7;;;;/h2*3-11H,1-2H3;2*(H,6,7);2*1H2;;/q2*-1;;;;;2*+2. The van der Waals surface area contributed by atoms with Gasteiger partial charge in [0.05, 0.1) is 0 Å². The van der Waals surface area contributed by atoms with Crippen LogP contribution in [0.5, 0.6) is 0 Å². The average molecular weight is 916 g/mol. The number of nitrogens with zero attached hydrogens (tertiary/aromatic N) is 4. The summed E-state index contributed by atoms with van der Waals surface area (Å²) in [7, 11) is 0. The summed E-state index contributed by atoms with van der Waals surface area (Å²) in [6, 6.07) is 32.2. The minimum atomic E-state index is -5.19. The first-order valence-electron chi connectivity index (χ1n) is 13.7. The Morgan fingerprint density at radius 3 is 0.885 bits per heavy atom. The van der Waals surface area contributed by atoms with Crippen molar-refractivity contribution in [3.05, 3.63) is 130 Å². The third-order valence-electron chi connectivity index (χ3n) is 5.43. The van der Waals surface area contributed by atoms with Crippen molar-refractivity contribution in [3.63, 3.8) is 0 Å². The maximum absolute atomic E-state index is 10.5. The van der Waals surface area contributed by atoms with E-state index in [-0.39, 0.29) is 49.9 Å². The van der Waals surface area contributed by atoms with Gasteiger partial charge in [-0.2, -0.15) is 26.3 Å². The summed E-state index contributed by atoms with van der Waals surface area (Å²) in [5, 5.41) is 26.1. The van der Waals surface area contributed by atoms with E-state index in [1.54, 1.807) is 12.7 Å². The van der Waals surface area contributed by atoms with Crippen LogP contribution < -0.4 is 10.2 Å². The molecule has 4 aromatic rings. The van der Waals surface area contributed by atoms with Crippen LogP contribution in [0.4, 0.5) is 49.1 Å². The Bertz CT molecular complexity index is 1500. The molecule has 0 heterocycles. The van der Waals surface area contributed by atoms with Crippen LogP contribution in [0.15, 0.2) is 107 Å². The van der Waals surface area contributed by atoms with Crippen molar-refractivity contribution < 1.29 is 96.1 Å². The largest absolute Gasteiger partial charge is 2.00 e. The van der Waals surface area contributed by atoms with E-state index in [1.807, 2.05) is 97.1 Å².